The molecule has 0 fully saturated rings. The van der Waals surface area contributed by atoms with Crippen LogP contribution in [0, 0.1) is 5.21 Å². The summed E-state index contributed by atoms with van der Waals surface area (Å²) < 4.78 is 0.770. The van der Waals surface area contributed by atoms with Gasteiger partial charge >= 0.3 is 0 Å². The Labute approximate surface area is 148 Å². The quantitative estimate of drug-likeness (QED) is 0.418. The number of amides is 1. The van der Waals surface area contributed by atoms with E-state index in [4.69, 9.17) is 0 Å². The summed E-state index contributed by atoms with van der Waals surface area (Å²) in [7, 11) is 0. The monoisotopic (exact) mass is 356 g/mol. The zero-order valence-corrected chi connectivity index (χ0v) is 14.4. The number of hydrogen-bond acceptors (Lipinski definition) is 4. The Morgan fingerprint density at radius 2 is 1.92 bits per heavy atom. The van der Waals surface area contributed by atoms with E-state index < -0.39 is 0 Å². The summed E-state index contributed by atoms with van der Waals surface area (Å²) in [5.41, 5.74) is 1.04. The molecule has 1 N–H and O–H groups in total. The average molecular weight is 356 g/mol. The van der Waals surface area contributed by atoms with Gasteiger partial charge in [0.25, 0.3) is 5.03 Å². The molecule has 0 saturated heterocycles. The van der Waals surface area contributed by atoms with Crippen molar-refractivity contribution in [2.75, 3.05) is 5.75 Å². The summed E-state index contributed by atoms with van der Waals surface area (Å²) in [4.78, 5) is 13.4. The van der Waals surface area contributed by atoms with E-state index in [9.17, 15) is 10.0 Å². The maximum atomic E-state index is 12.4. The van der Waals surface area contributed by atoms with Crippen LogP contribution < -0.4 is 10.0 Å². The van der Waals surface area contributed by atoms with Crippen LogP contribution in [-0.4, -0.2) is 11.7 Å². The van der Waals surface area contributed by atoms with Crippen LogP contribution >= 0.6 is 23.1 Å². The average Bonchev–Trinajstić information content (AvgIpc) is 3.14. The van der Waals surface area contributed by atoms with Crippen LogP contribution in [0.5, 0.6) is 0 Å². The van der Waals surface area contributed by atoms with Crippen LogP contribution in [0.2, 0.25) is 0 Å². The van der Waals surface area contributed by atoms with Gasteiger partial charge in [-0.15, -0.1) is 11.3 Å². The molecule has 24 heavy (non-hydrogen) atoms. The second-order valence-corrected chi connectivity index (χ2v) is 7.05. The molecule has 4 nitrogen and oxygen atoms in total. The molecule has 1 unspecified atom stereocenters. The molecule has 1 amide bonds. The highest BCUT2D eigenvalue weighted by molar-refractivity contribution is 7.99. The topological polar surface area (TPSA) is 56.0 Å². The Bertz CT molecular complexity index is 792. The molecule has 0 aliphatic heterocycles. The number of hydrogen-bond donors (Lipinski definition) is 1. The molecule has 2 aromatic heterocycles. The van der Waals surface area contributed by atoms with Crippen LogP contribution in [0.15, 0.2) is 77.3 Å². The highest BCUT2D eigenvalue weighted by atomic mass is 32.2. The van der Waals surface area contributed by atoms with Gasteiger partial charge in [-0.25, -0.2) is 0 Å². The molecule has 0 spiro atoms. The van der Waals surface area contributed by atoms with Gasteiger partial charge in [0.05, 0.1) is 11.8 Å². The summed E-state index contributed by atoms with van der Waals surface area (Å²) in [6, 6.07) is 18.8. The lowest BCUT2D eigenvalue weighted by molar-refractivity contribution is -0.645. The number of thioether (sulfide) groups is 1. The number of aromatic nitrogens is 1. The van der Waals surface area contributed by atoms with Crippen molar-refractivity contribution in [3.63, 3.8) is 0 Å². The van der Waals surface area contributed by atoms with E-state index in [2.05, 4.69) is 5.32 Å². The first kappa shape index (κ1) is 16.5. The van der Waals surface area contributed by atoms with Crippen LogP contribution in [0.1, 0.15) is 16.5 Å². The predicted molar refractivity (Wildman–Crippen MR) is 96.9 cm³/mol. The van der Waals surface area contributed by atoms with Gasteiger partial charge in [0.2, 0.25) is 5.91 Å². The summed E-state index contributed by atoms with van der Waals surface area (Å²) in [5, 5.41) is 17.2. The third-order valence-corrected chi connectivity index (χ3v) is 5.36. The molecule has 6 heteroatoms. The number of carbonyl (C=O) groups is 1. The smallest absolute Gasteiger partial charge is 0.251 e. The number of rotatable bonds is 6. The van der Waals surface area contributed by atoms with Crippen molar-refractivity contribution < 1.29 is 9.52 Å². The van der Waals surface area contributed by atoms with Gasteiger partial charge in [0, 0.05) is 17.0 Å². The van der Waals surface area contributed by atoms with Crippen LogP contribution in [0.3, 0.4) is 0 Å². The zero-order valence-electron chi connectivity index (χ0n) is 12.8. The second kappa shape index (κ2) is 7.99. The van der Waals surface area contributed by atoms with Crippen LogP contribution in [0.4, 0.5) is 0 Å². The van der Waals surface area contributed by atoms with Gasteiger partial charge in [-0.05, 0) is 34.8 Å². The van der Waals surface area contributed by atoms with Crippen molar-refractivity contribution in [1.29, 1.82) is 0 Å². The van der Waals surface area contributed by atoms with Crippen molar-refractivity contribution in [3.8, 4) is 0 Å². The molecule has 0 radical (unpaired) electrons. The minimum atomic E-state index is -0.172. The Balaban J connectivity index is 1.69. The number of pyridine rings is 1. The molecule has 3 rings (SSSR count). The van der Waals surface area contributed by atoms with Crippen molar-refractivity contribution >= 4 is 29.0 Å². The SMILES string of the molecule is O=C(CSc1cccc[n+]1[O-])NC(c1ccccc1)c1cccs1. The molecule has 0 aliphatic carbocycles. The van der Waals surface area contributed by atoms with Gasteiger partial charge in [-0.1, -0.05) is 36.4 Å². The first-order chi connectivity index (χ1) is 11.7. The van der Waals surface area contributed by atoms with Crippen molar-refractivity contribution in [2.24, 2.45) is 0 Å². The first-order valence-electron chi connectivity index (χ1n) is 7.43. The molecule has 2 heterocycles. The van der Waals surface area contributed by atoms with E-state index in [0.29, 0.717) is 5.03 Å². The molecule has 3 aromatic rings. The third-order valence-electron chi connectivity index (χ3n) is 3.41. The Morgan fingerprint density at radius 1 is 1.12 bits per heavy atom. The highest BCUT2D eigenvalue weighted by Gasteiger charge is 2.18. The summed E-state index contributed by atoms with van der Waals surface area (Å²) in [5.74, 6) is 0.0899. The Kier molecular flexibility index (Phi) is 5.51. The fourth-order valence-corrected chi connectivity index (χ4v) is 3.81. The lowest BCUT2D eigenvalue weighted by Crippen LogP contribution is -2.32. The molecule has 0 saturated carbocycles. The first-order valence-corrected chi connectivity index (χ1v) is 9.29. The number of thiophene rings is 1. The normalized spacial score (nSPS) is 11.8. The van der Waals surface area contributed by atoms with E-state index in [-0.39, 0.29) is 17.7 Å². The summed E-state index contributed by atoms with van der Waals surface area (Å²) >= 11 is 2.84. The fraction of sp³-hybridized carbons (Fsp3) is 0.111. The number of nitrogens with one attached hydrogen (secondary N) is 1. The maximum Gasteiger partial charge on any atom is 0.251 e. The Morgan fingerprint density at radius 3 is 2.62 bits per heavy atom. The fourth-order valence-electron chi connectivity index (χ4n) is 2.29. The molecule has 0 aliphatic rings. The predicted octanol–water partition coefficient (Wildman–Crippen LogP) is 3.38. The molecule has 122 valence electrons. The lowest BCUT2D eigenvalue weighted by atomic mass is 10.1. The molecule has 1 aromatic carbocycles. The van der Waals surface area contributed by atoms with Gasteiger partial charge in [0.15, 0.2) is 6.20 Å². The molecular formula is C18H16N2O2S2. The standard InChI is InChI=1S/C18H16N2O2S2/c21-16(13-24-17-10-4-5-11-20(17)22)19-18(15-9-6-12-23-15)14-7-2-1-3-8-14/h1-12,18H,13H2,(H,19,21). The summed E-state index contributed by atoms with van der Waals surface area (Å²) in [6.45, 7) is 0. The Hall–Kier alpha value is -2.31. The maximum absolute atomic E-state index is 12.4. The minimum Gasteiger partial charge on any atom is -0.618 e. The zero-order chi connectivity index (χ0) is 16.8. The van der Waals surface area contributed by atoms with E-state index >= 15 is 0 Å². The van der Waals surface area contributed by atoms with Crippen LogP contribution in [0.25, 0.3) is 0 Å². The molecule has 1 atom stereocenters. The highest BCUT2D eigenvalue weighted by Crippen LogP contribution is 2.26. The number of nitrogens with zero attached hydrogens (tertiary/aromatic N) is 1. The molecular weight excluding hydrogens is 340 g/mol. The van der Waals surface area contributed by atoms with Crippen LogP contribution in [-0.2, 0) is 4.79 Å². The van der Waals surface area contributed by atoms with Gasteiger partial charge < -0.3 is 10.5 Å². The largest absolute Gasteiger partial charge is 0.618 e. The minimum absolute atomic E-state index is 0.105. The van der Waals surface area contributed by atoms with Crippen molar-refractivity contribution in [3.05, 3.63) is 87.9 Å². The summed E-state index contributed by atoms with van der Waals surface area (Å²) in [6.07, 6.45) is 1.43. The van der Waals surface area contributed by atoms with Gasteiger partial charge in [-0.3, -0.25) is 4.79 Å². The van der Waals surface area contributed by atoms with Crippen molar-refractivity contribution in [2.45, 2.75) is 11.1 Å². The second-order valence-electron chi connectivity index (χ2n) is 5.08. The van der Waals surface area contributed by atoms with Gasteiger partial charge in [0.1, 0.15) is 0 Å². The van der Waals surface area contributed by atoms with Gasteiger partial charge in [-0.2, -0.15) is 4.73 Å². The van der Waals surface area contributed by atoms with E-state index in [1.165, 1.54) is 18.0 Å². The number of carbonyl (C=O) groups excluding carboxylic acids is 1. The van der Waals surface area contributed by atoms with E-state index in [1.807, 2.05) is 47.8 Å². The molecule has 0 bridgehead atoms. The lowest BCUT2D eigenvalue weighted by Gasteiger charge is -2.18. The number of benzene rings is 1. The van der Waals surface area contributed by atoms with E-state index in [1.54, 1.807) is 29.5 Å². The van der Waals surface area contributed by atoms with Crippen molar-refractivity contribution in [1.82, 2.24) is 5.32 Å². The third kappa shape index (κ3) is 4.15. The van der Waals surface area contributed by atoms with E-state index in [0.717, 1.165) is 15.2 Å².